The number of carbonyl (C=O) groups excluding carboxylic acids is 1. The second kappa shape index (κ2) is 32.8. The van der Waals surface area contributed by atoms with Crippen molar-refractivity contribution in [3.8, 4) is 0 Å². The minimum absolute atomic E-state index is 0.0258. The van der Waals surface area contributed by atoms with Gasteiger partial charge in [0.15, 0.2) is 6.29 Å². The summed E-state index contributed by atoms with van der Waals surface area (Å²) in [6, 6.07) is 0. The zero-order valence-electron chi connectivity index (χ0n) is 32.5. The topological polar surface area (TPSA) is 178 Å². The van der Waals surface area contributed by atoms with E-state index in [1.807, 2.05) is 12.2 Å². The first-order valence-corrected chi connectivity index (χ1v) is 21.1. The molecular weight excluding hydrogens is 717 g/mol. The molecule has 1 aliphatic rings. The summed E-state index contributed by atoms with van der Waals surface area (Å²) >= 11 is 0. The molecule has 4 N–H and O–H groups in total. The summed E-state index contributed by atoms with van der Waals surface area (Å²) in [7, 11) is -5.07. The van der Waals surface area contributed by atoms with Gasteiger partial charge < -0.3 is 34.3 Å². The SMILES string of the molecule is CC/C=C\C/C=C\C/C=C\C/C=C\C/C=C\CCOCC(COC1OC(CO)C(O)C(OS(=O)(=O)O)C1O)OC(=O)CCCCCCC/C=C\CCCC. The molecule has 1 saturated heterocycles. The Labute approximate surface area is 324 Å². The van der Waals surface area contributed by atoms with Gasteiger partial charge in [0.2, 0.25) is 0 Å². The number of hydrogen-bond donors (Lipinski definition) is 4. The van der Waals surface area contributed by atoms with E-state index in [0.717, 1.165) is 70.6 Å². The Morgan fingerprint density at radius 2 is 1.28 bits per heavy atom. The van der Waals surface area contributed by atoms with Crippen LogP contribution in [0.2, 0.25) is 0 Å². The maximum Gasteiger partial charge on any atom is 0.397 e. The fourth-order valence-electron chi connectivity index (χ4n) is 5.36. The molecule has 0 aromatic carbocycles. The number of aliphatic hydroxyl groups excluding tert-OH is 3. The van der Waals surface area contributed by atoms with Crippen molar-refractivity contribution in [2.24, 2.45) is 0 Å². The largest absolute Gasteiger partial charge is 0.457 e. The van der Waals surface area contributed by atoms with Crippen molar-refractivity contribution >= 4 is 16.4 Å². The fourth-order valence-corrected chi connectivity index (χ4v) is 5.87. The number of rotatable bonds is 32. The molecule has 0 aromatic heterocycles. The van der Waals surface area contributed by atoms with Gasteiger partial charge in [0, 0.05) is 6.42 Å². The van der Waals surface area contributed by atoms with Gasteiger partial charge in [0.1, 0.15) is 30.5 Å². The van der Waals surface area contributed by atoms with Crippen LogP contribution in [0.3, 0.4) is 0 Å². The van der Waals surface area contributed by atoms with Crippen LogP contribution in [0.4, 0.5) is 0 Å². The van der Waals surface area contributed by atoms with Gasteiger partial charge in [0.25, 0.3) is 0 Å². The molecule has 1 heterocycles. The highest BCUT2D eigenvalue weighted by atomic mass is 32.3. The summed E-state index contributed by atoms with van der Waals surface area (Å²) < 4.78 is 58.6. The first kappa shape index (κ1) is 49.6. The number of carbonyl (C=O) groups is 1. The molecule has 0 aliphatic carbocycles. The molecule has 1 fully saturated rings. The lowest BCUT2D eigenvalue weighted by molar-refractivity contribution is -0.301. The minimum Gasteiger partial charge on any atom is -0.457 e. The molecule has 6 unspecified atom stereocenters. The van der Waals surface area contributed by atoms with Crippen molar-refractivity contribution in [2.75, 3.05) is 26.4 Å². The predicted molar refractivity (Wildman–Crippen MR) is 211 cm³/mol. The molecule has 6 atom stereocenters. The van der Waals surface area contributed by atoms with E-state index in [1.165, 1.54) is 12.8 Å². The predicted octanol–water partition coefficient (Wildman–Crippen LogP) is 7.18. The summed E-state index contributed by atoms with van der Waals surface area (Å²) in [4.78, 5) is 12.7. The second-order valence-corrected chi connectivity index (χ2v) is 14.2. The van der Waals surface area contributed by atoms with Crippen LogP contribution in [-0.2, 0) is 38.3 Å². The zero-order valence-corrected chi connectivity index (χ0v) is 33.3. The number of unbranched alkanes of at least 4 members (excludes halogenated alkanes) is 7. The van der Waals surface area contributed by atoms with Crippen LogP contribution in [0, 0.1) is 0 Å². The van der Waals surface area contributed by atoms with Gasteiger partial charge in [-0.25, -0.2) is 4.18 Å². The molecular formula is C41H68O12S. The first-order chi connectivity index (χ1) is 26.1. The molecule has 0 saturated carbocycles. The van der Waals surface area contributed by atoms with Gasteiger partial charge in [0.05, 0.1) is 26.4 Å². The molecule has 12 nitrogen and oxygen atoms in total. The Hall–Kier alpha value is -2.46. The zero-order chi connectivity index (χ0) is 39.7. The molecule has 0 spiro atoms. The van der Waals surface area contributed by atoms with Gasteiger partial charge in [-0.1, -0.05) is 119 Å². The summed E-state index contributed by atoms with van der Waals surface area (Å²) in [5, 5.41) is 30.5. The van der Waals surface area contributed by atoms with Gasteiger partial charge in [-0.05, 0) is 64.2 Å². The highest BCUT2D eigenvalue weighted by molar-refractivity contribution is 7.80. The Morgan fingerprint density at radius 1 is 0.722 bits per heavy atom. The van der Waals surface area contributed by atoms with Crippen LogP contribution in [0.5, 0.6) is 0 Å². The van der Waals surface area contributed by atoms with Crippen molar-refractivity contribution < 1.29 is 56.2 Å². The van der Waals surface area contributed by atoms with Crippen LogP contribution < -0.4 is 0 Å². The summed E-state index contributed by atoms with van der Waals surface area (Å²) in [6.07, 6.45) is 31.1. The van der Waals surface area contributed by atoms with Crippen molar-refractivity contribution in [2.45, 2.75) is 153 Å². The molecule has 310 valence electrons. The van der Waals surface area contributed by atoms with E-state index in [0.29, 0.717) is 19.4 Å². The van der Waals surface area contributed by atoms with E-state index in [-0.39, 0.29) is 19.6 Å². The third-order valence-electron chi connectivity index (χ3n) is 8.33. The molecule has 13 heteroatoms. The molecule has 0 amide bonds. The number of allylic oxidation sites excluding steroid dienone is 11. The number of esters is 1. The highest BCUT2D eigenvalue weighted by Gasteiger charge is 2.48. The van der Waals surface area contributed by atoms with Gasteiger partial charge in [-0.15, -0.1) is 0 Å². The van der Waals surface area contributed by atoms with Crippen molar-refractivity contribution in [3.05, 3.63) is 72.9 Å². The lowest BCUT2D eigenvalue weighted by Crippen LogP contribution is -2.60. The average molecular weight is 785 g/mol. The van der Waals surface area contributed by atoms with E-state index >= 15 is 0 Å². The van der Waals surface area contributed by atoms with Crippen molar-refractivity contribution in [1.29, 1.82) is 0 Å². The van der Waals surface area contributed by atoms with E-state index < -0.39 is 59.8 Å². The van der Waals surface area contributed by atoms with Gasteiger partial charge in [-0.2, -0.15) is 8.42 Å². The Bertz CT molecular complexity index is 1230. The third kappa shape index (κ3) is 26.4. The van der Waals surface area contributed by atoms with Crippen molar-refractivity contribution in [1.82, 2.24) is 0 Å². The average Bonchev–Trinajstić information content (AvgIpc) is 3.14. The number of hydrogen-bond acceptors (Lipinski definition) is 11. The Morgan fingerprint density at radius 3 is 1.87 bits per heavy atom. The van der Waals surface area contributed by atoms with Crippen LogP contribution >= 0.6 is 0 Å². The quantitative estimate of drug-likeness (QED) is 0.0234. The first-order valence-electron chi connectivity index (χ1n) is 19.7. The van der Waals surface area contributed by atoms with E-state index in [9.17, 15) is 28.5 Å². The van der Waals surface area contributed by atoms with Crippen LogP contribution in [0.15, 0.2) is 72.9 Å². The molecule has 1 aliphatic heterocycles. The fraction of sp³-hybridized carbons (Fsp3) is 0.683. The van der Waals surface area contributed by atoms with Crippen LogP contribution in [0.1, 0.15) is 117 Å². The minimum atomic E-state index is -5.07. The number of aliphatic hydroxyl groups is 3. The molecule has 1 rings (SSSR count). The molecule has 54 heavy (non-hydrogen) atoms. The Kier molecular flexibility index (Phi) is 30.1. The van der Waals surface area contributed by atoms with Crippen molar-refractivity contribution in [3.63, 3.8) is 0 Å². The lowest BCUT2D eigenvalue weighted by atomic mass is 9.99. The highest BCUT2D eigenvalue weighted by Crippen LogP contribution is 2.26. The standard InChI is InChI=1S/C41H68O12S/c1-3-5-7-9-11-13-15-16-17-18-19-21-23-25-27-29-31-49-33-35(51-37(43)30-28-26-24-22-20-14-12-10-8-6-4-2)34-50-41-39(45)40(53-54(46,47)48)38(44)36(32-42)52-41/h5,7,10-13,16-17,19,21,25,27,35-36,38-42,44-45H,3-4,6,8-9,14-15,18,20,22-24,26,28-34H2,1-2H3,(H,46,47,48)/b7-5-,12-10-,13-11-,17-16-,21-19-,27-25-. The maximum atomic E-state index is 12.7. The molecule has 0 radical (unpaired) electrons. The normalized spacial score (nSPS) is 21.9. The smallest absolute Gasteiger partial charge is 0.397 e. The van der Waals surface area contributed by atoms with Gasteiger partial charge >= 0.3 is 16.4 Å². The van der Waals surface area contributed by atoms with E-state index in [4.69, 9.17) is 23.5 Å². The summed E-state index contributed by atoms with van der Waals surface area (Å²) in [5.74, 6) is -0.440. The van der Waals surface area contributed by atoms with Crippen LogP contribution in [0.25, 0.3) is 0 Å². The van der Waals surface area contributed by atoms with E-state index in [2.05, 4.69) is 78.8 Å². The molecule has 0 bridgehead atoms. The Balaban J connectivity index is 2.57. The second-order valence-electron chi connectivity index (χ2n) is 13.1. The lowest BCUT2D eigenvalue weighted by Gasteiger charge is -2.41. The molecule has 0 aromatic rings. The van der Waals surface area contributed by atoms with E-state index in [1.54, 1.807) is 0 Å². The summed E-state index contributed by atoms with van der Waals surface area (Å²) in [5.41, 5.74) is 0. The number of ether oxygens (including phenoxy) is 4. The van der Waals surface area contributed by atoms with Gasteiger partial charge in [-0.3, -0.25) is 9.35 Å². The third-order valence-corrected chi connectivity index (χ3v) is 8.80. The maximum absolute atomic E-state index is 12.7. The summed E-state index contributed by atoms with van der Waals surface area (Å²) in [6.45, 7) is 3.56. The van der Waals surface area contributed by atoms with Crippen LogP contribution in [-0.4, -0.2) is 97.5 Å². The monoisotopic (exact) mass is 784 g/mol.